The van der Waals surface area contributed by atoms with Crippen LogP contribution in [0.4, 0.5) is 0 Å². The zero-order valence-electron chi connectivity index (χ0n) is 15.7. The molecule has 1 heterocycles. The van der Waals surface area contributed by atoms with E-state index in [2.05, 4.69) is 0 Å². The molecule has 0 spiro atoms. The van der Waals surface area contributed by atoms with Gasteiger partial charge < -0.3 is 4.74 Å². The van der Waals surface area contributed by atoms with Crippen molar-refractivity contribution in [2.45, 2.75) is 24.5 Å². The number of benzene rings is 3. The van der Waals surface area contributed by atoms with Gasteiger partial charge in [-0.2, -0.15) is 0 Å². The van der Waals surface area contributed by atoms with Crippen molar-refractivity contribution in [1.29, 1.82) is 0 Å². The molecule has 0 saturated heterocycles. The van der Waals surface area contributed by atoms with Gasteiger partial charge in [-0.3, -0.25) is 14.9 Å². The Morgan fingerprint density at radius 1 is 0.967 bits per heavy atom. The van der Waals surface area contributed by atoms with Crippen LogP contribution in [-0.2, 0) is 0 Å². The summed E-state index contributed by atoms with van der Waals surface area (Å²) in [4.78, 5) is 24.8. The summed E-state index contributed by atoms with van der Waals surface area (Å²) in [7, 11) is 0. The molecule has 0 fully saturated rings. The summed E-state index contributed by atoms with van der Waals surface area (Å²) in [6.45, 7) is 0. The van der Waals surface area contributed by atoms with Crippen LogP contribution < -0.4 is 4.74 Å². The highest BCUT2D eigenvalue weighted by Crippen LogP contribution is 2.46. The van der Waals surface area contributed by atoms with Gasteiger partial charge in [-0.25, -0.2) is 0 Å². The van der Waals surface area contributed by atoms with Crippen LogP contribution >= 0.6 is 23.2 Å². The van der Waals surface area contributed by atoms with E-state index in [0.717, 1.165) is 0 Å². The van der Waals surface area contributed by atoms with E-state index in [-0.39, 0.29) is 22.2 Å². The van der Waals surface area contributed by atoms with Crippen molar-refractivity contribution in [3.05, 3.63) is 110 Å². The van der Waals surface area contributed by atoms with Gasteiger partial charge in [0.2, 0.25) is 0 Å². The molecule has 7 heteroatoms. The van der Waals surface area contributed by atoms with Crippen LogP contribution in [0.3, 0.4) is 0 Å². The zero-order valence-corrected chi connectivity index (χ0v) is 17.2. The van der Waals surface area contributed by atoms with Crippen molar-refractivity contribution in [2.75, 3.05) is 0 Å². The van der Waals surface area contributed by atoms with Crippen LogP contribution in [0.2, 0.25) is 10.0 Å². The number of hydrogen-bond donors (Lipinski definition) is 0. The zero-order chi connectivity index (χ0) is 21.3. The summed E-state index contributed by atoms with van der Waals surface area (Å²) in [6.07, 6.45) is -0.967. The number of ketones is 1. The summed E-state index contributed by atoms with van der Waals surface area (Å²) in [5, 5.41) is 12.9. The SMILES string of the molecule is O=C(C[C@@H]1c2ccccc2O[C@H](c2ccc(Cl)cc2Cl)[C@H]1[N+](=O)[O-])c1ccccc1. The van der Waals surface area contributed by atoms with Gasteiger partial charge in [-0.15, -0.1) is 0 Å². The van der Waals surface area contributed by atoms with Crippen LogP contribution in [0.1, 0.15) is 39.9 Å². The minimum atomic E-state index is -1.19. The number of carbonyl (C=O) groups excluding carboxylic acids is 1. The van der Waals surface area contributed by atoms with E-state index >= 15 is 0 Å². The molecule has 1 aliphatic rings. The highest BCUT2D eigenvalue weighted by molar-refractivity contribution is 6.35. The van der Waals surface area contributed by atoms with E-state index < -0.39 is 18.1 Å². The molecule has 5 nitrogen and oxygen atoms in total. The van der Waals surface area contributed by atoms with E-state index in [9.17, 15) is 14.9 Å². The number of rotatable bonds is 5. The van der Waals surface area contributed by atoms with E-state index in [1.54, 1.807) is 60.7 Å². The first kappa shape index (κ1) is 20.4. The fraction of sp³-hybridized carbons (Fsp3) is 0.174. The molecule has 0 N–H and O–H groups in total. The lowest BCUT2D eigenvalue weighted by molar-refractivity contribution is -0.540. The Morgan fingerprint density at radius 2 is 1.67 bits per heavy atom. The Hall–Kier alpha value is -2.89. The number of hydrogen-bond acceptors (Lipinski definition) is 4. The molecule has 30 heavy (non-hydrogen) atoms. The van der Waals surface area contributed by atoms with Crippen molar-refractivity contribution in [3.63, 3.8) is 0 Å². The number of halogens is 2. The Bertz CT molecular complexity index is 1100. The molecular formula is C23H17Cl2NO4. The second-order valence-electron chi connectivity index (χ2n) is 7.12. The van der Waals surface area contributed by atoms with Crippen LogP contribution in [-0.4, -0.2) is 16.7 Å². The minimum absolute atomic E-state index is 0.0161. The summed E-state index contributed by atoms with van der Waals surface area (Å²) < 4.78 is 6.05. The molecule has 0 radical (unpaired) electrons. The molecule has 152 valence electrons. The summed E-state index contributed by atoms with van der Waals surface area (Å²) in [5.74, 6) is -0.322. The molecule has 0 unspecified atom stereocenters. The molecule has 0 bridgehead atoms. The molecule has 3 atom stereocenters. The van der Waals surface area contributed by atoms with Gasteiger partial charge in [0.15, 0.2) is 11.9 Å². The first-order valence-electron chi connectivity index (χ1n) is 9.38. The maximum absolute atomic E-state index is 12.9. The lowest BCUT2D eigenvalue weighted by atomic mass is 9.79. The number of Topliss-reactive ketones (excluding diaryl/α,β-unsaturated/α-hetero) is 1. The third kappa shape index (κ3) is 3.91. The fourth-order valence-corrected chi connectivity index (χ4v) is 4.42. The number of nitro groups is 1. The van der Waals surface area contributed by atoms with Crippen LogP contribution in [0.15, 0.2) is 72.8 Å². The molecule has 0 aliphatic carbocycles. The second kappa shape index (κ2) is 8.46. The molecule has 3 aromatic carbocycles. The number of ether oxygens (including phenoxy) is 1. The standard InChI is InChI=1S/C23H17Cl2NO4/c24-15-10-11-17(19(25)12-15)23-22(26(28)29)18(16-8-4-5-9-21(16)30-23)13-20(27)14-6-2-1-3-7-14/h1-12,18,22-23H,13H2/t18-,22+,23-/m1/s1. The minimum Gasteiger partial charge on any atom is -0.478 e. The summed E-state index contributed by atoms with van der Waals surface area (Å²) in [6, 6.07) is 19.5. The Kier molecular flexibility index (Phi) is 5.75. The van der Waals surface area contributed by atoms with Crippen molar-refractivity contribution in [3.8, 4) is 5.75 Å². The van der Waals surface area contributed by atoms with Crippen LogP contribution in [0.25, 0.3) is 0 Å². The van der Waals surface area contributed by atoms with E-state index in [1.807, 2.05) is 6.07 Å². The Balaban J connectivity index is 1.79. The first-order valence-corrected chi connectivity index (χ1v) is 10.1. The van der Waals surface area contributed by atoms with Crippen molar-refractivity contribution < 1.29 is 14.5 Å². The van der Waals surface area contributed by atoms with Gasteiger partial charge in [0, 0.05) is 38.1 Å². The molecule has 4 rings (SSSR count). The normalized spacial score (nSPS) is 20.1. The van der Waals surface area contributed by atoms with Crippen molar-refractivity contribution in [2.24, 2.45) is 0 Å². The Morgan fingerprint density at radius 3 is 2.37 bits per heavy atom. The van der Waals surface area contributed by atoms with E-state index in [1.165, 1.54) is 6.07 Å². The number of carbonyl (C=O) groups is 1. The summed E-state index contributed by atoms with van der Waals surface area (Å²) >= 11 is 12.4. The van der Waals surface area contributed by atoms with E-state index in [4.69, 9.17) is 27.9 Å². The van der Waals surface area contributed by atoms with E-state index in [0.29, 0.717) is 27.5 Å². The third-order valence-corrected chi connectivity index (χ3v) is 5.87. The lowest BCUT2D eigenvalue weighted by Gasteiger charge is -2.35. The number of nitrogens with zero attached hydrogens (tertiary/aromatic N) is 1. The van der Waals surface area contributed by atoms with Crippen LogP contribution in [0.5, 0.6) is 5.75 Å². The van der Waals surface area contributed by atoms with Gasteiger partial charge >= 0.3 is 0 Å². The summed E-state index contributed by atoms with van der Waals surface area (Å²) in [5.41, 5.74) is 1.63. The topological polar surface area (TPSA) is 69.4 Å². The maximum Gasteiger partial charge on any atom is 0.260 e. The molecule has 1 aliphatic heterocycles. The number of fused-ring (bicyclic) bond motifs is 1. The third-order valence-electron chi connectivity index (χ3n) is 5.31. The monoisotopic (exact) mass is 441 g/mol. The Labute approximate surface area is 183 Å². The largest absolute Gasteiger partial charge is 0.478 e. The first-order chi connectivity index (χ1) is 14.5. The van der Waals surface area contributed by atoms with Crippen LogP contribution in [0, 0.1) is 10.1 Å². The highest BCUT2D eigenvalue weighted by atomic mass is 35.5. The quantitative estimate of drug-likeness (QED) is 0.271. The fourth-order valence-electron chi connectivity index (χ4n) is 3.91. The van der Waals surface area contributed by atoms with Gasteiger partial charge in [0.1, 0.15) is 5.75 Å². The molecule has 0 saturated carbocycles. The van der Waals surface area contributed by atoms with Crippen molar-refractivity contribution >= 4 is 29.0 Å². The second-order valence-corrected chi connectivity index (χ2v) is 7.96. The average molecular weight is 442 g/mol. The van der Waals surface area contributed by atoms with Gasteiger partial charge in [0.25, 0.3) is 6.04 Å². The smallest absolute Gasteiger partial charge is 0.260 e. The van der Waals surface area contributed by atoms with Gasteiger partial charge in [-0.05, 0) is 18.2 Å². The number of para-hydroxylation sites is 1. The maximum atomic E-state index is 12.9. The predicted molar refractivity (Wildman–Crippen MR) is 115 cm³/mol. The lowest BCUT2D eigenvalue weighted by Crippen LogP contribution is -2.41. The van der Waals surface area contributed by atoms with Gasteiger partial charge in [-0.1, -0.05) is 77.8 Å². The molecule has 0 aromatic heterocycles. The highest BCUT2D eigenvalue weighted by Gasteiger charge is 2.48. The average Bonchev–Trinajstić information content (AvgIpc) is 2.74. The molecular weight excluding hydrogens is 425 g/mol. The van der Waals surface area contributed by atoms with Crippen molar-refractivity contribution in [1.82, 2.24) is 0 Å². The predicted octanol–water partition coefficient (Wildman–Crippen LogP) is 6.13. The molecule has 3 aromatic rings. The van der Waals surface area contributed by atoms with Gasteiger partial charge in [0.05, 0.1) is 5.92 Å². The molecule has 0 amide bonds.